The van der Waals surface area contributed by atoms with E-state index < -0.39 is 11.4 Å². The van der Waals surface area contributed by atoms with E-state index in [9.17, 15) is 9.18 Å². The second-order valence-electron chi connectivity index (χ2n) is 5.91. The van der Waals surface area contributed by atoms with Gasteiger partial charge in [-0.05, 0) is 19.9 Å². The first kappa shape index (κ1) is 16.1. The van der Waals surface area contributed by atoms with Crippen LogP contribution in [0.15, 0.2) is 27.8 Å². The molecule has 0 spiro atoms. The molecule has 2 aromatic heterocycles. The predicted molar refractivity (Wildman–Crippen MR) is 83.1 cm³/mol. The molecule has 0 saturated heterocycles. The van der Waals surface area contributed by atoms with Crippen LogP contribution in [0.25, 0.3) is 10.9 Å². The van der Waals surface area contributed by atoms with Gasteiger partial charge in [0.2, 0.25) is 5.89 Å². The highest BCUT2D eigenvalue weighted by Crippen LogP contribution is 2.21. The van der Waals surface area contributed by atoms with Crippen molar-refractivity contribution in [3.63, 3.8) is 0 Å². The number of benzene rings is 1. The van der Waals surface area contributed by atoms with E-state index in [0.717, 1.165) is 6.07 Å². The van der Waals surface area contributed by atoms with Crippen LogP contribution in [-0.2, 0) is 12.1 Å². The summed E-state index contributed by atoms with van der Waals surface area (Å²) in [6, 6.07) is 2.47. The molecule has 8 nitrogen and oxygen atoms in total. The smallest absolute Gasteiger partial charge is 0.261 e. The summed E-state index contributed by atoms with van der Waals surface area (Å²) in [5.41, 5.74) is 5.02. The van der Waals surface area contributed by atoms with Crippen molar-refractivity contribution in [1.29, 1.82) is 0 Å². The molecule has 9 heteroatoms. The Morgan fingerprint density at radius 1 is 1.42 bits per heavy atom. The summed E-state index contributed by atoms with van der Waals surface area (Å²) < 4.78 is 25.0. The molecule has 3 rings (SSSR count). The van der Waals surface area contributed by atoms with Gasteiger partial charge in [0, 0.05) is 6.07 Å². The van der Waals surface area contributed by atoms with Crippen LogP contribution in [0.5, 0.6) is 5.75 Å². The van der Waals surface area contributed by atoms with Crippen LogP contribution >= 0.6 is 0 Å². The fourth-order valence-corrected chi connectivity index (χ4v) is 2.16. The number of aromatic nitrogens is 4. The van der Waals surface area contributed by atoms with Crippen LogP contribution in [0, 0.1) is 5.82 Å². The number of fused-ring (bicyclic) bond motifs is 1. The lowest BCUT2D eigenvalue weighted by Gasteiger charge is -2.11. The van der Waals surface area contributed by atoms with Crippen LogP contribution < -0.4 is 16.0 Å². The average Bonchev–Trinajstić information content (AvgIpc) is 2.98. The number of rotatable bonds is 4. The highest BCUT2D eigenvalue weighted by Gasteiger charge is 2.22. The molecule has 0 aliphatic heterocycles. The van der Waals surface area contributed by atoms with Crippen molar-refractivity contribution < 1.29 is 13.7 Å². The number of nitrogens with zero attached hydrogens (tertiary/aromatic N) is 4. The number of hydrogen-bond acceptors (Lipinski definition) is 7. The van der Waals surface area contributed by atoms with Gasteiger partial charge in [-0.25, -0.2) is 9.37 Å². The van der Waals surface area contributed by atoms with Crippen molar-refractivity contribution in [2.75, 3.05) is 7.11 Å². The first-order chi connectivity index (χ1) is 11.3. The van der Waals surface area contributed by atoms with Gasteiger partial charge in [-0.3, -0.25) is 9.36 Å². The third-order valence-electron chi connectivity index (χ3n) is 3.45. The summed E-state index contributed by atoms with van der Waals surface area (Å²) in [6.07, 6.45) is 1.30. The summed E-state index contributed by atoms with van der Waals surface area (Å²) in [4.78, 5) is 20.8. The molecule has 2 N–H and O–H groups in total. The topological polar surface area (TPSA) is 109 Å². The van der Waals surface area contributed by atoms with Crippen LogP contribution in [-0.4, -0.2) is 26.8 Å². The minimum atomic E-state index is -0.751. The molecule has 0 atom stereocenters. The third-order valence-corrected chi connectivity index (χ3v) is 3.45. The molecule has 0 aliphatic carbocycles. The quantitative estimate of drug-likeness (QED) is 0.763. The Morgan fingerprint density at radius 3 is 2.79 bits per heavy atom. The fraction of sp³-hybridized carbons (Fsp3) is 0.333. The van der Waals surface area contributed by atoms with Gasteiger partial charge in [-0.15, -0.1) is 0 Å². The van der Waals surface area contributed by atoms with Crippen molar-refractivity contribution in [3.8, 4) is 5.75 Å². The Kier molecular flexibility index (Phi) is 3.80. The molecular formula is C15H16FN5O3. The molecule has 0 aliphatic rings. The summed E-state index contributed by atoms with van der Waals surface area (Å²) in [5, 5.41) is 4.03. The van der Waals surface area contributed by atoms with Crippen molar-refractivity contribution in [2.24, 2.45) is 5.73 Å². The molecule has 24 heavy (non-hydrogen) atoms. The zero-order valence-electron chi connectivity index (χ0n) is 13.4. The Balaban J connectivity index is 2.01. The standard InChI is InChI=1S/C15H16FN5O3/c1-15(2,17)14-19-12(24-20-14)6-21-7-18-10-5-9(16)11(23-3)4-8(10)13(21)22/h4-5,7H,6,17H2,1-3H3. The monoisotopic (exact) mass is 333 g/mol. The molecule has 3 aromatic rings. The Hall–Kier alpha value is -2.81. The number of ether oxygens (including phenoxy) is 1. The maximum absolute atomic E-state index is 13.7. The average molecular weight is 333 g/mol. The molecule has 0 radical (unpaired) electrons. The second-order valence-corrected chi connectivity index (χ2v) is 5.91. The third kappa shape index (κ3) is 2.85. The van der Waals surface area contributed by atoms with E-state index in [-0.39, 0.29) is 34.6 Å². The fourth-order valence-electron chi connectivity index (χ4n) is 2.16. The molecule has 1 aromatic carbocycles. The number of nitrogens with two attached hydrogens (primary N) is 1. The van der Waals surface area contributed by atoms with Gasteiger partial charge in [0.25, 0.3) is 5.56 Å². The molecule has 126 valence electrons. The molecule has 0 saturated carbocycles. The largest absolute Gasteiger partial charge is 0.494 e. The van der Waals surface area contributed by atoms with Crippen molar-refractivity contribution in [2.45, 2.75) is 25.9 Å². The molecule has 2 heterocycles. The van der Waals surface area contributed by atoms with Crippen molar-refractivity contribution in [1.82, 2.24) is 19.7 Å². The van der Waals surface area contributed by atoms with Gasteiger partial charge in [-0.1, -0.05) is 5.16 Å². The van der Waals surface area contributed by atoms with Crippen LogP contribution in [0.3, 0.4) is 0 Å². The van der Waals surface area contributed by atoms with E-state index in [0.29, 0.717) is 5.82 Å². The SMILES string of the molecule is COc1cc2c(=O)n(Cc3nc(C(C)(C)N)no3)cnc2cc1F. The summed E-state index contributed by atoms with van der Waals surface area (Å²) in [7, 11) is 1.33. The van der Waals surface area contributed by atoms with Gasteiger partial charge in [-0.2, -0.15) is 4.98 Å². The Bertz CT molecular complexity index is 958. The first-order valence-electron chi connectivity index (χ1n) is 7.14. The minimum absolute atomic E-state index is 0.0240. The van der Waals surface area contributed by atoms with Crippen LogP contribution in [0.4, 0.5) is 4.39 Å². The highest BCUT2D eigenvalue weighted by molar-refractivity contribution is 5.79. The lowest BCUT2D eigenvalue weighted by molar-refractivity contribution is 0.353. The maximum atomic E-state index is 13.7. The maximum Gasteiger partial charge on any atom is 0.261 e. The second kappa shape index (κ2) is 5.68. The predicted octanol–water partition coefficient (Wildman–Crippen LogP) is 1.17. The molecule has 0 bridgehead atoms. The highest BCUT2D eigenvalue weighted by atomic mass is 19.1. The Morgan fingerprint density at radius 2 is 2.17 bits per heavy atom. The van der Waals surface area contributed by atoms with E-state index in [2.05, 4.69) is 15.1 Å². The van der Waals surface area contributed by atoms with Gasteiger partial charge in [0.05, 0.1) is 29.9 Å². The number of methoxy groups -OCH3 is 1. The summed E-state index contributed by atoms with van der Waals surface area (Å²) in [5.74, 6) is -0.0469. The van der Waals surface area contributed by atoms with Gasteiger partial charge < -0.3 is 15.0 Å². The lowest BCUT2D eigenvalue weighted by Crippen LogP contribution is -2.30. The van der Waals surface area contributed by atoms with Crippen LogP contribution in [0.1, 0.15) is 25.6 Å². The Labute approximate surface area is 136 Å². The number of halogens is 1. The van der Waals surface area contributed by atoms with E-state index in [4.69, 9.17) is 15.0 Å². The van der Waals surface area contributed by atoms with Crippen LogP contribution in [0.2, 0.25) is 0 Å². The number of hydrogen-bond donors (Lipinski definition) is 1. The van der Waals surface area contributed by atoms with Gasteiger partial charge in [0.1, 0.15) is 6.54 Å². The van der Waals surface area contributed by atoms with Gasteiger partial charge in [0.15, 0.2) is 17.4 Å². The summed E-state index contributed by atoms with van der Waals surface area (Å²) >= 11 is 0. The van der Waals surface area contributed by atoms with E-state index in [1.807, 2.05) is 0 Å². The molecule has 0 amide bonds. The molecule has 0 fully saturated rings. The van der Waals surface area contributed by atoms with Crippen molar-refractivity contribution in [3.05, 3.63) is 46.3 Å². The lowest BCUT2D eigenvalue weighted by atomic mass is 10.1. The van der Waals surface area contributed by atoms with Gasteiger partial charge >= 0.3 is 0 Å². The summed E-state index contributed by atoms with van der Waals surface area (Å²) in [6.45, 7) is 3.52. The first-order valence-corrected chi connectivity index (χ1v) is 7.14. The van der Waals surface area contributed by atoms with E-state index in [1.54, 1.807) is 13.8 Å². The minimum Gasteiger partial charge on any atom is -0.494 e. The zero-order chi connectivity index (χ0) is 17.5. The normalized spacial score (nSPS) is 11.9. The molecular weight excluding hydrogens is 317 g/mol. The van der Waals surface area contributed by atoms with Crippen molar-refractivity contribution >= 4 is 10.9 Å². The van der Waals surface area contributed by atoms with E-state index in [1.165, 1.54) is 24.1 Å². The van der Waals surface area contributed by atoms with E-state index >= 15 is 0 Å². The molecule has 0 unspecified atom stereocenters. The zero-order valence-corrected chi connectivity index (χ0v) is 13.4.